The van der Waals surface area contributed by atoms with Crippen molar-refractivity contribution in [1.82, 2.24) is 9.80 Å². The van der Waals surface area contributed by atoms with Crippen molar-refractivity contribution in [3.63, 3.8) is 0 Å². The predicted molar refractivity (Wildman–Crippen MR) is 139 cm³/mol. The van der Waals surface area contributed by atoms with Crippen LogP contribution in [-0.2, 0) is 27.3 Å². The molecular weight excluding hydrogens is 525 g/mol. The number of Topliss-reactive ketones (excluding diaryl/α,β-unsaturated/α-hetero) is 2. The number of nitrogens with zero attached hydrogens (tertiary/aromatic N) is 2. The van der Waals surface area contributed by atoms with E-state index in [4.69, 9.17) is 10.5 Å². The van der Waals surface area contributed by atoms with Gasteiger partial charge in [-0.2, -0.15) is 0 Å². The first-order chi connectivity index (χ1) is 18.8. The highest BCUT2D eigenvalue weighted by molar-refractivity contribution is 6.24. The Morgan fingerprint density at radius 3 is 2.52 bits per heavy atom. The van der Waals surface area contributed by atoms with E-state index in [9.17, 15) is 34.8 Å². The monoisotopic (exact) mass is 559 g/mol. The van der Waals surface area contributed by atoms with Crippen LogP contribution in [0.3, 0.4) is 0 Å². The number of primary amides is 1. The molecule has 216 valence electrons. The molecule has 0 aromatic heterocycles. The number of hydrogen-bond donors (Lipinski definition) is 5. The van der Waals surface area contributed by atoms with Crippen molar-refractivity contribution < 1.29 is 43.9 Å². The predicted octanol–water partition coefficient (Wildman–Crippen LogP) is 1.22. The smallest absolute Gasteiger partial charge is 0.255 e. The van der Waals surface area contributed by atoms with Crippen LogP contribution in [0.4, 0.5) is 4.39 Å². The van der Waals surface area contributed by atoms with Crippen LogP contribution in [0.1, 0.15) is 47.7 Å². The molecule has 0 radical (unpaired) electrons. The van der Waals surface area contributed by atoms with Gasteiger partial charge < -0.3 is 30.9 Å². The zero-order valence-electron chi connectivity index (χ0n) is 22.6. The number of benzene rings is 1. The number of rotatable bonds is 6. The van der Waals surface area contributed by atoms with Gasteiger partial charge in [-0.15, -0.1) is 0 Å². The van der Waals surface area contributed by atoms with Gasteiger partial charge in [-0.05, 0) is 58.3 Å². The van der Waals surface area contributed by atoms with Crippen molar-refractivity contribution >= 4 is 17.5 Å². The van der Waals surface area contributed by atoms with Crippen LogP contribution in [-0.4, -0.2) is 92.8 Å². The van der Waals surface area contributed by atoms with Crippen molar-refractivity contribution in [2.45, 2.75) is 57.0 Å². The van der Waals surface area contributed by atoms with Crippen LogP contribution in [0.5, 0.6) is 5.75 Å². The van der Waals surface area contributed by atoms with Gasteiger partial charge in [0.2, 0.25) is 5.78 Å². The van der Waals surface area contributed by atoms with Gasteiger partial charge in [-0.25, -0.2) is 4.39 Å². The molecule has 1 heterocycles. The van der Waals surface area contributed by atoms with Gasteiger partial charge in [-0.3, -0.25) is 24.2 Å². The topological polar surface area (TPSA) is 174 Å². The van der Waals surface area contributed by atoms with Crippen molar-refractivity contribution in [2.24, 2.45) is 17.6 Å². The van der Waals surface area contributed by atoms with E-state index in [2.05, 4.69) is 0 Å². The summed E-state index contributed by atoms with van der Waals surface area (Å²) in [6.07, 6.45) is 1.31. The molecule has 6 N–H and O–H groups in total. The Morgan fingerprint density at radius 1 is 1.25 bits per heavy atom. The second kappa shape index (κ2) is 9.95. The molecule has 0 bridgehead atoms. The number of likely N-dealkylation sites (N-methyl/N-ethyl adjacent to an activating group) is 1. The fraction of sp³-hybridized carbons (Fsp3) is 0.536. The molecule has 1 fully saturated rings. The molecule has 0 spiro atoms. The molecule has 12 heteroatoms. The highest BCUT2D eigenvalue weighted by atomic mass is 19.1. The summed E-state index contributed by atoms with van der Waals surface area (Å²) in [5.41, 5.74) is 1.23. The van der Waals surface area contributed by atoms with Crippen molar-refractivity contribution in [1.29, 1.82) is 0 Å². The number of aliphatic hydroxyl groups is 3. The maximum atomic E-state index is 16.0. The Bertz CT molecular complexity index is 1370. The molecule has 40 heavy (non-hydrogen) atoms. The van der Waals surface area contributed by atoms with Gasteiger partial charge in [0.05, 0.1) is 11.6 Å². The van der Waals surface area contributed by atoms with E-state index < -0.39 is 69.6 Å². The number of allylic oxidation sites excluding steroid dienone is 1. The molecule has 4 aliphatic rings. The fourth-order valence-corrected chi connectivity index (χ4v) is 6.95. The molecule has 1 aromatic rings. The minimum absolute atomic E-state index is 0.0171. The summed E-state index contributed by atoms with van der Waals surface area (Å²) in [6, 6.07) is 0.0707. The highest BCUT2D eigenvalue weighted by Gasteiger charge is 2.63. The van der Waals surface area contributed by atoms with Crippen LogP contribution in [0, 0.1) is 17.7 Å². The lowest BCUT2D eigenvalue weighted by atomic mass is 9.58. The zero-order valence-corrected chi connectivity index (χ0v) is 22.6. The van der Waals surface area contributed by atoms with E-state index in [-0.39, 0.29) is 47.9 Å². The van der Waals surface area contributed by atoms with Gasteiger partial charge in [-0.1, -0.05) is 6.92 Å². The number of ketones is 2. The normalized spacial score (nSPS) is 30.2. The third kappa shape index (κ3) is 3.96. The molecule has 0 saturated carbocycles. The van der Waals surface area contributed by atoms with Crippen LogP contribution in [0.15, 0.2) is 28.7 Å². The molecule has 5 atom stereocenters. The van der Waals surface area contributed by atoms with Crippen molar-refractivity contribution in [2.75, 3.05) is 27.2 Å². The van der Waals surface area contributed by atoms with E-state index in [1.807, 2.05) is 11.8 Å². The summed E-state index contributed by atoms with van der Waals surface area (Å²) in [5.74, 6) is -8.31. The number of ether oxygens (including phenoxy) is 1. The average Bonchev–Trinajstić information content (AvgIpc) is 3.41. The third-order valence-electron chi connectivity index (χ3n) is 8.82. The number of carbonyl (C=O) groups is 3. The molecule has 5 rings (SSSR count). The maximum Gasteiger partial charge on any atom is 0.255 e. The lowest BCUT2D eigenvalue weighted by Crippen LogP contribution is -2.63. The minimum atomic E-state index is -2.73. The Morgan fingerprint density at radius 2 is 1.95 bits per heavy atom. The number of aliphatic hydroxyl groups excluding tert-OH is 2. The number of nitrogens with two attached hydrogens (primary N) is 1. The number of carbonyl (C=O) groups excluding carboxylic acids is 3. The maximum absolute atomic E-state index is 16.0. The average molecular weight is 560 g/mol. The molecule has 0 unspecified atom stereocenters. The zero-order chi connectivity index (χ0) is 29.3. The standard InChI is InChI=1S/C28H34FN3O8/c1-4-32(17-6-5-7-40-17)11-13-10-16(33)19-14(21(13)29)8-12-9-15-22(31(2)3)24(35)20(27(30)38)26(37)28(15,39)25(36)18(12)23(19)34/h10,12,15,17,22,33,35-36,39H,4-9,11H2,1-3H3,(H2,30,38)/t12-,15-,17+,22-,28-/m0/s1. The first-order valence-electron chi connectivity index (χ1n) is 13.4. The molecule has 1 aliphatic heterocycles. The van der Waals surface area contributed by atoms with Gasteiger partial charge >= 0.3 is 0 Å². The third-order valence-corrected chi connectivity index (χ3v) is 8.82. The van der Waals surface area contributed by atoms with E-state index in [0.717, 1.165) is 12.8 Å². The summed E-state index contributed by atoms with van der Waals surface area (Å²) in [7, 11) is 3.09. The fourth-order valence-electron chi connectivity index (χ4n) is 6.95. The summed E-state index contributed by atoms with van der Waals surface area (Å²) < 4.78 is 21.7. The summed E-state index contributed by atoms with van der Waals surface area (Å²) in [4.78, 5) is 42.5. The van der Waals surface area contributed by atoms with Gasteiger partial charge in [0, 0.05) is 35.8 Å². The summed E-state index contributed by atoms with van der Waals surface area (Å²) in [6.45, 7) is 3.26. The molecular formula is C28H34FN3O8. The molecule has 1 amide bonds. The summed E-state index contributed by atoms with van der Waals surface area (Å²) >= 11 is 0. The first-order valence-corrected chi connectivity index (χ1v) is 13.4. The van der Waals surface area contributed by atoms with Crippen LogP contribution in [0.25, 0.3) is 0 Å². The molecule has 1 saturated heterocycles. The number of fused-ring (bicyclic) bond motifs is 3. The Labute approximate surface area is 230 Å². The van der Waals surface area contributed by atoms with Crippen molar-refractivity contribution in [3.05, 3.63) is 51.2 Å². The Balaban J connectivity index is 1.61. The van der Waals surface area contributed by atoms with Crippen LogP contribution >= 0.6 is 0 Å². The first kappa shape index (κ1) is 28.2. The number of phenolic OH excluding ortho intramolecular Hbond substituents is 1. The van der Waals surface area contributed by atoms with Crippen molar-refractivity contribution in [3.8, 4) is 5.75 Å². The second-order valence-electron chi connectivity index (χ2n) is 11.2. The van der Waals surface area contributed by atoms with Crippen LogP contribution in [0.2, 0.25) is 0 Å². The van der Waals surface area contributed by atoms with Gasteiger partial charge in [0.1, 0.15) is 34.9 Å². The lowest BCUT2D eigenvalue weighted by Gasteiger charge is -2.50. The van der Waals surface area contributed by atoms with Gasteiger partial charge in [0.15, 0.2) is 11.4 Å². The van der Waals surface area contributed by atoms with Gasteiger partial charge in [0.25, 0.3) is 5.91 Å². The van der Waals surface area contributed by atoms with Crippen LogP contribution < -0.4 is 5.73 Å². The quantitative estimate of drug-likeness (QED) is 0.319. The highest BCUT2D eigenvalue weighted by Crippen LogP contribution is 2.52. The molecule has 11 nitrogen and oxygen atoms in total. The van der Waals surface area contributed by atoms with E-state index in [1.165, 1.54) is 11.0 Å². The molecule has 1 aromatic carbocycles. The largest absolute Gasteiger partial charge is 0.510 e. The number of hydrogen-bond acceptors (Lipinski definition) is 10. The minimum Gasteiger partial charge on any atom is -0.510 e. The number of halogens is 1. The van der Waals surface area contributed by atoms with E-state index in [1.54, 1.807) is 14.1 Å². The molecule has 3 aliphatic carbocycles. The Hall–Kier alpha value is -3.32. The summed E-state index contributed by atoms with van der Waals surface area (Å²) in [5, 5.41) is 44.7. The number of aromatic hydroxyl groups is 1. The number of phenols is 1. The van der Waals surface area contributed by atoms with E-state index in [0.29, 0.717) is 13.2 Å². The SMILES string of the molecule is CCN(Cc1cc(O)c2c(c1F)C[C@H]1C[C@H]3[C@H](N(C)C)C(O)=C(C(N)=O)C(=O)[C@@]3(O)C(O)=C1C2=O)[C@H]1CCCO1. The second-order valence-corrected chi connectivity index (χ2v) is 11.2. The number of amides is 1. The lowest BCUT2D eigenvalue weighted by molar-refractivity contribution is -0.148. The van der Waals surface area contributed by atoms with E-state index >= 15 is 4.39 Å². The Kier molecular flexibility index (Phi) is 7.02.